The molecule has 38 heavy (non-hydrogen) atoms. The first-order valence-corrected chi connectivity index (χ1v) is 14.5. The van der Waals surface area contributed by atoms with E-state index in [0.717, 1.165) is 52.8 Å². The first kappa shape index (κ1) is 27.7. The number of hydrogen-bond donors (Lipinski definition) is 0. The molecule has 0 aromatic heterocycles. The first-order valence-electron chi connectivity index (χ1n) is 13.1. The molecule has 0 bridgehead atoms. The Balaban J connectivity index is 1.65. The van der Waals surface area contributed by atoms with Crippen molar-refractivity contribution in [2.24, 2.45) is 0 Å². The minimum atomic E-state index is -3.80. The number of sulfonamides is 1. The van der Waals surface area contributed by atoms with Crippen molar-refractivity contribution in [3.8, 4) is 11.1 Å². The Morgan fingerprint density at radius 1 is 1.00 bits per heavy atom. The summed E-state index contributed by atoms with van der Waals surface area (Å²) in [5.74, 6) is 0.285. The van der Waals surface area contributed by atoms with Crippen LogP contribution in [0.5, 0.6) is 0 Å². The maximum Gasteiger partial charge on any atom is 0.344 e. The fourth-order valence-corrected chi connectivity index (χ4v) is 6.13. The SMILES string of the molecule is Cc1ccc(-c2cccc(S(=O)(=O)N(C)C3=C4C=CCC(OCC(=O)OC(C)(C)C)=C4CCCC3)c2)cc1. The number of nitrogens with zero attached hydrogens (tertiary/aromatic N) is 1. The van der Waals surface area contributed by atoms with Crippen LogP contribution < -0.4 is 0 Å². The van der Waals surface area contributed by atoms with Crippen LogP contribution in [0.2, 0.25) is 0 Å². The number of allylic oxidation sites excluding steroid dienone is 5. The number of hydrogen-bond acceptors (Lipinski definition) is 5. The van der Waals surface area contributed by atoms with Crippen LogP contribution in [0.15, 0.2) is 88.2 Å². The van der Waals surface area contributed by atoms with Crippen LogP contribution in [-0.2, 0) is 24.3 Å². The number of ether oxygens (including phenoxy) is 2. The third-order valence-electron chi connectivity index (χ3n) is 6.69. The van der Waals surface area contributed by atoms with E-state index in [1.807, 2.05) is 70.2 Å². The molecule has 2 aromatic carbocycles. The number of carbonyl (C=O) groups excluding carboxylic acids is 1. The Kier molecular flexibility index (Phi) is 8.16. The largest absolute Gasteiger partial charge is 0.486 e. The molecule has 0 radical (unpaired) electrons. The Morgan fingerprint density at radius 2 is 1.71 bits per heavy atom. The van der Waals surface area contributed by atoms with E-state index in [2.05, 4.69) is 0 Å². The molecule has 6 nitrogen and oxygen atoms in total. The van der Waals surface area contributed by atoms with Gasteiger partial charge in [0, 0.05) is 24.7 Å². The molecule has 0 N–H and O–H groups in total. The summed E-state index contributed by atoms with van der Waals surface area (Å²) >= 11 is 0. The molecule has 0 spiro atoms. The van der Waals surface area contributed by atoms with Crippen molar-refractivity contribution in [1.29, 1.82) is 0 Å². The van der Waals surface area contributed by atoms with Crippen LogP contribution in [-0.4, -0.2) is 37.9 Å². The molecular formula is C31H37NO5S. The highest BCUT2D eigenvalue weighted by atomic mass is 32.2. The molecule has 0 saturated heterocycles. The van der Waals surface area contributed by atoms with Crippen LogP contribution >= 0.6 is 0 Å². The van der Waals surface area contributed by atoms with Gasteiger partial charge in [-0.2, -0.15) is 0 Å². The third-order valence-corrected chi connectivity index (χ3v) is 8.48. The fourth-order valence-electron chi connectivity index (χ4n) is 4.81. The van der Waals surface area contributed by atoms with Crippen LogP contribution in [0.1, 0.15) is 58.4 Å². The number of rotatable bonds is 7. The summed E-state index contributed by atoms with van der Waals surface area (Å²) in [4.78, 5) is 12.5. The molecule has 0 unspecified atom stereocenters. The normalized spacial score (nSPS) is 16.1. The number of benzene rings is 2. The lowest BCUT2D eigenvalue weighted by Crippen LogP contribution is -2.28. The average Bonchev–Trinajstić information content (AvgIpc) is 3.09. The van der Waals surface area contributed by atoms with Gasteiger partial charge in [-0.25, -0.2) is 13.2 Å². The lowest BCUT2D eigenvalue weighted by molar-refractivity contribution is -0.158. The third kappa shape index (κ3) is 6.38. The molecule has 0 fully saturated rings. The van der Waals surface area contributed by atoms with Crippen molar-refractivity contribution in [3.05, 3.63) is 88.8 Å². The monoisotopic (exact) mass is 535 g/mol. The zero-order chi connectivity index (χ0) is 27.5. The van der Waals surface area contributed by atoms with E-state index < -0.39 is 21.6 Å². The lowest BCUT2D eigenvalue weighted by Gasteiger charge is -2.27. The molecule has 0 heterocycles. The second-order valence-electron chi connectivity index (χ2n) is 10.8. The minimum Gasteiger partial charge on any atom is -0.486 e. The average molecular weight is 536 g/mol. The van der Waals surface area contributed by atoms with Gasteiger partial charge in [0.15, 0.2) is 6.61 Å². The predicted molar refractivity (Wildman–Crippen MR) is 150 cm³/mol. The predicted octanol–water partition coefficient (Wildman–Crippen LogP) is 6.68. The van der Waals surface area contributed by atoms with Crippen molar-refractivity contribution >= 4 is 16.0 Å². The number of fused-ring (bicyclic) bond motifs is 1. The molecule has 7 heteroatoms. The first-order chi connectivity index (χ1) is 18.0. The van der Waals surface area contributed by atoms with E-state index in [1.54, 1.807) is 25.2 Å². The summed E-state index contributed by atoms with van der Waals surface area (Å²) in [6, 6.07) is 15.1. The van der Waals surface area contributed by atoms with Crippen molar-refractivity contribution in [2.45, 2.75) is 70.3 Å². The molecule has 2 aromatic rings. The molecule has 2 aliphatic carbocycles. The highest BCUT2D eigenvalue weighted by Crippen LogP contribution is 2.38. The van der Waals surface area contributed by atoms with Gasteiger partial charge in [0.05, 0.1) is 4.90 Å². The molecular weight excluding hydrogens is 498 g/mol. The molecule has 2 aliphatic rings. The van der Waals surface area contributed by atoms with Gasteiger partial charge in [0.1, 0.15) is 11.4 Å². The Bertz CT molecular complexity index is 1390. The van der Waals surface area contributed by atoms with Crippen molar-refractivity contribution in [2.75, 3.05) is 13.7 Å². The van der Waals surface area contributed by atoms with Gasteiger partial charge in [-0.3, -0.25) is 4.31 Å². The maximum atomic E-state index is 13.8. The highest BCUT2D eigenvalue weighted by Gasteiger charge is 2.29. The van der Waals surface area contributed by atoms with Crippen LogP contribution in [0.25, 0.3) is 11.1 Å². The van der Waals surface area contributed by atoms with E-state index >= 15 is 0 Å². The number of aryl methyl sites for hydroxylation is 1. The molecule has 0 atom stereocenters. The van der Waals surface area contributed by atoms with Gasteiger partial charge in [-0.1, -0.05) is 54.1 Å². The Morgan fingerprint density at radius 3 is 2.42 bits per heavy atom. The quantitative estimate of drug-likeness (QED) is 0.370. The van der Waals surface area contributed by atoms with Crippen LogP contribution in [0.3, 0.4) is 0 Å². The van der Waals surface area contributed by atoms with Gasteiger partial charge in [-0.05, 0) is 82.2 Å². The lowest BCUT2D eigenvalue weighted by atomic mass is 9.94. The smallest absolute Gasteiger partial charge is 0.344 e. The number of carbonyl (C=O) groups is 1. The Labute approximate surface area is 226 Å². The summed E-state index contributed by atoms with van der Waals surface area (Å²) in [6.45, 7) is 7.31. The summed E-state index contributed by atoms with van der Waals surface area (Å²) in [7, 11) is -2.18. The highest BCUT2D eigenvalue weighted by molar-refractivity contribution is 7.89. The van der Waals surface area contributed by atoms with Gasteiger partial charge in [0.2, 0.25) is 0 Å². The zero-order valence-electron chi connectivity index (χ0n) is 22.9. The zero-order valence-corrected chi connectivity index (χ0v) is 23.7. The van der Waals surface area contributed by atoms with E-state index in [9.17, 15) is 13.2 Å². The van der Waals surface area contributed by atoms with Gasteiger partial charge in [-0.15, -0.1) is 0 Å². The van der Waals surface area contributed by atoms with Crippen molar-refractivity contribution in [3.63, 3.8) is 0 Å². The summed E-state index contributed by atoms with van der Waals surface area (Å²) in [6.07, 6.45) is 7.69. The van der Waals surface area contributed by atoms with E-state index in [-0.39, 0.29) is 11.5 Å². The second kappa shape index (κ2) is 11.2. The Hall–Kier alpha value is -3.32. The number of esters is 1. The van der Waals surface area contributed by atoms with E-state index in [4.69, 9.17) is 9.47 Å². The molecule has 0 saturated carbocycles. The minimum absolute atomic E-state index is 0.174. The van der Waals surface area contributed by atoms with Gasteiger partial charge < -0.3 is 9.47 Å². The van der Waals surface area contributed by atoms with Crippen LogP contribution in [0.4, 0.5) is 0 Å². The second-order valence-corrected chi connectivity index (χ2v) is 12.8. The standard InChI is InChI=1S/C31H37NO5S/c1-22-16-18-23(19-17-22)24-10-8-11-25(20-24)38(34,35)32(5)28-14-7-6-12-27-26(28)13-9-15-29(27)36-21-30(33)37-31(2,3)4/h8-11,13,16-20H,6-7,12,14-15,21H2,1-5H3. The van der Waals surface area contributed by atoms with Crippen molar-refractivity contribution < 1.29 is 22.7 Å². The van der Waals surface area contributed by atoms with Gasteiger partial charge in [0.25, 0.3) is 10.0 Å². The molecule has 4 rings (SSSR count). The summed E-state index contributed by atoms with van der Waals surface area (Å²) in [5.41, 5.74) is 4.98. The van der Waals surface area contributed by atoms with Crippen LogP contribution in [0, 0.1) is 6.92 Å². The summed E-state index contributed by atoms with van der Waals surface area (Å²) < 4.78 is 40.4. The fraction of sp³-hybridized carbons (Fsp3) is 0.387. The molecule has 0 aliphatic heterocycles. The summed E-state index contributed by atoms with van der Waals surface area (Å²) in [5, 5.41) is 0. The topological polar surface area (TPSA) is 72.9 Å². The van der Waals surface area contributed by atoms with Crippen molar-refractivity contribution in [1.82, 2.24) is 4.31 Å². The van der Waals surface area contributed by atoms with E-state index in [1.165, 1.54) is 4.31 Å². The van der Waals surface area contributed by atoms with Gasteiger partial charge >= 0.3 is 5.97 Å². The molecule has 0 amide bonds. The van der Waals surface area contributed by atoms with E-state index in [0.29, 0.717) is 18.6 Å². The maximum absolute atomic E-state index is 13.8. The molecule has 202 valence electrons.